The molecule has 1 saturated heterocycles. The number of aryl methyl sites for hydroxylation is 1. The summed E-state index contributed by atoms with van der Waals surface area (Å²) in [7, 11) is 0. The molecule has 0 radical (unpaired) electrons. The second-order valence-corrected chi connectivity index (χ2v) is 8.13. The molecule has 158 valence electrons. The molecule has 1 aromatic heterocycles. The van der Waals surface area contributed by atoms with Crippen LogP contribution < -0.4 is 10.1 Å². The lowest BCUT2D eigenvalue weighted by atomic mass is 9.96. The number of piperidine rings is 1. The molecule has 1 aromatic carbocycles. The SMILES string of the molecule is Cc1nc(CN2CCC(C(=O)NCCOc3ccc(C(F)(F)F)cc3)CC2)cs1. The summed E-state index contributed by atoms with van der Waals surface area (Å²) in [6.45, 7) is 5.05. The molecule has 1 fully saturated rings. The average Bonchev–Trinajstić information content (AvgIpc) is 3.10. The number of benzene rings is 1. The largest absolute Gasteiger partial charge is 0.492 e. The molecule has 1 N–H and O–H groups in total. The van der Waals surface area contributed by atoms with Crippen LogP contribution in [0.3, 0.4) is 0 Å². The first-order chi connectivity index (χ1) is 13.8. The number of thiazole rings is 1. The normalized spacial score (nSPS) is 16.0. The van der Waals surface area contributed by atoms with E-state index in [1.54, 1.807) is 11.3 Å². The van der Waals surface area contributed by atoms with E-state index in [2.05, 4.69) is 20.6 Å². The number of hydrogen-bond donors (Lipinski definition) is 1. The van der Waals surface area contributed by atoms with E-state index in [9.17, 15) is 18.0 Å². The van der Waals surface area contributed by atoms with Crippen molar-refractivity contribution in [3.8, 4) is 5.75 Å². The van der Waals surface area contributed by atoms with Gasteiger partial charge in [-0.3, -0.25) is 9.69 Å². The number of nitrogens with zero attached hydrogens (tertiary/aromatic N) is 2. The molecule has 0 aliphatic carbocycles. The molecule has 5 nitrogen and oxygen atoms in total. The van der Waals surface area contributed by atoms with Crippen molar-refractivity contribution in [2.24, 2.45) is 5.92 Å². The second kappa shape index (κ2) is 9.58. The van der Waals surface area contributed by atoms with E-state index in [-0.39, 0.29) is 18.4 Å². The summed E-state index contributed by atoms with van der Waals surface area (Å²) in [5.41, 5.74) is 0.366. The average molecular weight is 427 g/mol. The third-order valence-corrected chi connectivity index (χ3v) is 5.68. The summed E-state index contributed by atoms with van der Waals surface area (Å²) < 4.78 is 43.0. The molecular formula is C20H24F3N3O2S. The minimum absolute atomic E-state index is 0.00479. The molecule has 29 heavy (non-hydrogen) atoms. The summed E-state index contributed by atoms with van der Waals surface area (Å²) in [4.78, 5) is 19.1. The van der Waals surface area contributed by atoms with Gasteiger partial charge in [-0.05, 0) is 57.1 Å². The van der Waals surface area contributed by atoms with Gasteiger partial charge in [0, 0.05) is 17.8 Å². The quantitative estimate of drug-likeness (QED) is 0.682. The van der Waals surface area contributed by atoms with Gasteiger partial charge in [0.25, 0.3) is 0 Å². The van der Waals surface area contributed by atoms with E-state index in [0.717, 1.165) is 55.3 Å². The van der Waals surface area contributed by atoms with Crippen LogP contribution in [0.1, 0.15) is 29.1 Å². The maximum Gasteiger partial charge on any atom is 0.416 e. The van der Waals surface area contributed by atoms with Crippen molar-refractivity contribution in [3.63, 3.8) is 0 Å². The van der Waals surface area contributed by atoms with Gasteiger partial charge in [-0.1, -0.05) is 0 Å². The number of aromatic nitrogens is 1. The van der Waals surface area contributed by atoms with Gasteiger partial charge in [0.1, 0.15) is 12.4 Å². The number of hydrogen-bond acceptors (Lipinski definition) is 5. The zero-order valence-corrected chi connectivity index (χ0v) is 17.0. The summed E-state index contributed by atoms with van der Waals surface area (Å²) >= 11 is 1.65. The third kappa shape index (κ3) is 6.43. The number of ether oxygens (including phenoxy) is 1. The molecule has 2 heterocycles. The third-order valence-electron chi connectivity index (χ3n) is 4.86. The Hall–Kier alpha value is -2.13. The Labute approximate surface area is 171 Å². The van der Waals surface area contributed by atoms with Gasteiger partial charge in [-0.25, -0.2) is 4.98 Å². The Morgan fingerprint density at radius 3 is 2.55 bits per heavy atom. The number of alkyl halides is 3. The Bertz CT molecular complexity index is 800. The number of carbonyl (C=O) groups excluding carboxylic acids is 1. The van der Waals surface area contributed by atoms with Crippen molar-refractivity contribution < 1.29 is 22.7 Å². The lowest BCUT2D eigenvalue weighted by Gasteiger charge is -2.30. The molecule has 0 spiro atoms. The molecule has 1 aliphatic rings. The van der Waals surface area contributed by atoms with Gasteiger partial charge in [-0.2, -0.15) is 13.2 Å². The van der Waals surface area contributed by atoms with Crippen molar-refractivity contribution in [3.05, 3.63) is 45.9 Å². The van der Waals surface area contributed by atoms with Crippen LogP contribution >= 0.6 is 11.3 Å². The number of carbonyl (C=O) groups is 1. The Kier molecular flexibility index (Phi) is 7.13. The first kappa shape index (κ1) is 21.6. The molecule has 1 aliphatic heterocycles. The van der Waals surface area contributed by atoms with E-state index in [1.807, 2.05) is 6.92 Å². The molecule has 0 unspecified atom stereocenters. The molecule has 3 rings (SSSR count). The fraction of sp³-hybridized carbons (Fsp3) is 0.500. The smallest absolute Gasteiger partial charge is 0.416 e. The molecule has 2 aromatic rings. The highest BCUT2D eigenvalue weighted by Gasteiger charge is 2.30. The molecule has 9 heteroatoms. The zero-order chi connectivity index (χ0) is 20.9. The predicted octanol–water partition coefficient (Wildman–Crippen LogP) is 3.88. The summed E-state index contributed by atoms with van der Waals surface area (Å²) in [6.07, 6.45) is -2.76. The highest BCUT2D eigenvalue weighted by Crippen LogP contribution is 2.30. The van der Waals surface area contributed by atoms with E-state index in [4.69, 9.17) is 4.74 Å². The monoisotopic (exact) mass is 427 g/mol. The van der Waals surface area contributed by atoms with E-state index >= 15 is 0 Å². The fourth-order valence-electron chi connectivity index (χ4n) is 3.29. The maximum atomic E-state index is 12.5. The lowest BCUT2D eigenvalue weighted by molar-refractivity contribution is -0.137. The number of rotatable bonds is 7. The minimum Gasteiger partial charge on any atom is -0.492 e. The first-order valence-electron chi connectivity index (χ1n) is 9.52. The van der Waals surface area contributed by atoms with Crippen LogP contribution in [-0.2, 0) is 17.5 Å². The topological polar surface area (TPSA) is 54.5 Å². The highest BCUT2D eigenvalue weighted by molar-refractivity contribution is 7.09. The second-order valence-electron chi connectivity index (χ2n) is 7.07. The van der Waals surface area contributed by atoms with Gasteiger partial charge < -0.3 is 10.1 Å². The van der Waals surface area contributed by atoms with Crippen molar-refractivity contribution in [2.45, 2.75) is 32.5 Å². The highest BCUT2D eigenvalue weighted by atomic mass is 32.1. The van der Waals surface area contributed by atoms with Crippen LogP contribution in [-0.4, -0.2) is 42.0 Å². The Balaban J connectivity index is 1.33. The van der Waals surface area contributed by atoms with Crippen molar-refractivity contribution in [1.29, 1.82) is 0 Å². The van der Waals surface area contributed by atoms with Crippen LogP contribution in [0.4, 0.5) is 13.2 Å². The zero-order valence-electron chi connectivity index (χ0n) is 16.2. The van der Waals surface area contributed by atoms with Crippen molar-refractivity contribution in [1.82, 2.24) is 15.2 Å². The molecular weight excluding hydrogens is 403 g/mol. The van der Waals surface area contributed by atoms with Crippen LogP contribution in [0, 0.1) is 12.8 Å². The van der Waals surface area contributed by atoms with E-state index < -0.39 is 11.7 Å². The van der Waals surface area contributed by atoms with Gasteiger partial charge in [0.15, 0.2) is 0 Å². The van der Waals surface area contributed by atoms with Crippen molar-refractivity contribution in [2.75, 3.05) is 26.2 Å². The fourth-order valence-corrected chi connectivity index (χ4v) is 3.89. The summed E-state index contributed by atoms with van der Waals surface area (Å²) in [5, 5.41) is 5.99. The van der Waals surface area contributed by atoms with E-state index in [1.165, 1.54) is 12.1 Å². The number of halogens is 3. The van der Waals surface area contributed by atoms with Crippen LogP contribution in [0.2, 0.25) is 0 Å². The summed E-state index contributed by atoms with van der Waals surface area (Å²) in [5.74, 6) is 0.331. The van der Waals surface area contributed by atoms with Crippen LogP contribution in [0.25, 0.3) is 0 Å². The maximum absolute atomic E-state index is 12.5. The molecule has 0 saturated carbocycles. The molecule has 1 amide bonds. The number of amides is 1. The van der Waals surface area contributed by atoms with Gasteiger partial charge >= 0.3 is 6.18 Å². The van der Waals surface area contributed by atoms with Crippen LogP contribution in [0.15, 0.2) is 29.6 Å². The summed E-state index contributed by atoms with van der Waals surface area (Å²) in [6, 6.07) is 4.53. The Morgan fingerprint density at radius 2 is 1.97 bits per heavy atom. The van der Waals surface area contributed by atoms with Crippen LogP contribution in [0.5, 0.6) is 5.75 Å². The molecule has 0 atom stereocenters. The van der Waals surface area contributed by atoms with Gasteiger partial charge in [0.05, 0.1) is 22.8 Å². The van der Waals surface area contributed by atoms with Gasteiger partial charge in [0.2, 0.25) is 5.91 Å². The first-order valence-corrected chi connectivity index (χ1v) is 10.4. The number of likely N-dealkylation sites (tertiary alicyclic amines) is 1. The number of nitrogens with one attached hydrogen (secondary N) is 1. The van der Waals surface area contributed by atoms with E-state index in [0.29, 0.717) is 12.3 Å². The standard InChI is InChI=1S/C20H24F3N3O2S/c1-14-25-17(13-29-14)12-26-9-6-15(7-10-26)19(27)24-8-11-28-18-4-2-16(3-5-18)20(21,22)23/h2-5,13,15H,6-12H2,1H3,(H,24,27). The van der Waals surface area contributed by atoms with Gasteiger partial charge in [-0.15, -0.1) is 11.3 Å². The van der Waals surface area contributed by atoms with Crippen molar-refractivity contribution >= 4 is 17.2 Å². The predicted molar refractivity (Wildman–Crippen MR) is 105 cm³/mol. The molecule has 0 bridgehead atoms. The minimum atomic E-state index is -4.36. The Morgan fingerprint density at radius 1 is 1.28 bits per heavy atom. The lowest BCUT2D eigenvalue weighted by Crippen LogP contribution is -2.41.